The lowest BCUT2D eigenvalue weighted by molar-refractivity contribution is -0.136. The fourth-order valence-electron chi connectivity index (χ4n) is 0.959. The number of rotatable bonds is 2. The zero-order chi connectivity index (χ0) is 9.30. The van der Waals surface area contributed by atoms with Gasteiger partial charge in [-0.05, 0) is 6.92 Å². The molecule has 12 heavy (non-hydrogen) atoms. The first-order valence-electron chi connectivity index (χ1n) is 3.40. The summed E-state index contributed by atoms with van der Waals surface area (Å²) in [6.45, 7) is 5.09. The van der Waals surface area contributed by atoms with Crippen LogP contribution in [0.3, 0.4) is 0 Å². The first-order valence-corrected chi connectivity index (χ1v) is 3.77. The molecule has 0 aromatic heterocycles. The molecule has 0 spiro atoms. The molecule has 2 amide bonds. The average Bonchev–Trinajstić information content (AvgIpc) is 2.16. The van der Waals surface area contributed by atoms with E-state index in [0.29, 0.717) is 5.57 Å². The summed E-state index contributed by atoms with van der Waals surface area (Å²) in [6, 6.07) is 0. The van der Waals surface area contributed by atoms with E-state index in [4.69, 9.17) is 11.6 Å². The van der Waals surface area contributed by atoms with Gasteiger partial charge in [0.15, 0.2) is 0 Å². The van der Waals surface area contributed by atoms with Crippen molar-refractivity contribution in [1.29, 1.82) is 0 Å². The van der Waals surface area contributed by atoms with E-state index in [-0.39, 0.29) is 23.4 Å². The molecule has 1 aliphatic heterocycles. The van der Waals surface area contributed by atoms with Crippen molar-refractivity contribution in [1.82, 2.24) is 4.90 Å². The van der Waals surface area contributed by atoms with Gasteiger partial charge in [0.05, 0.1) is 6.54 Å². The van der Waals surface area contributed by atoms with Crippen molar-refractivity contribution in [3.63, 3.8) is 0 Å². The van der Waals surface area contributed by atoms with Gasteiger partial charge in [-0.25, -0.2) is 0 Å². The molecule has 3 nitrogen and oxygen atoms in total. The molecule has 0 saturated carbocycles. The highest BCUT2D eigenvalue weighted by Crippen LogP contribution is 2.14. The number of hydrogen-bond acceptors (Lipinski definition) is 2. The fourth-order valence-corrected chi connectivity index (χ4v) is 1.08. The zero-order valence-corrected chi connectivity index (χ0v) is 7.39. The molecule has 0 bridgehead atoms. The van der Waals surface area contributed by atoms with Gasteiger partial charge >= 0.3 is 0 Å². The maximum absolute atomic E-state index is 11.2. The molecule has 0 N–H and O–H groups in total. The van der Waals surface area contributed by atoms with Gasteiger partial charge in [0.25, 0.3) is 11.8 Å². The van der Waals surface area contributed by atoms with Crippen LogP contribution in [0.15, 0.2) is 23.3 Å². The molecule has 0 aliphatic carbocycles. The molecule has 0 aromatic carbocycles. The van der Waals surface area contributed by atoms with E-state index >= 15 is 0 Å². The second-order valence-corrected chi connectivity index (χ2v) is 3.11. The van der Waals surface area contributed by atoms with E-state index in [1.807, 2.05) is 0 Å². The van der Waals surface area contributed by atoms with Crippen LogP contribution in [-0.4, -0.2) is 23.3 Å². The number of halogens is 1. The second kappa shape index (κ2) is 3.11. The fraction of sp³-hybridized carbons (Fsp3) is 0.250. The highest BCUT2D eigenvalue weighted by molar-refractivity contribution is 6.30. The Balaban J connectivity index is 2.77. The molecule has 0 atom stereocenters. The molecular weight excluding hydrogens is 178 g/mol. The van der Waals surface area contributed by atoms with Gasteiger partial charge in [-0.2, -0.15) is 0 Å². The Morgan fingerprint density at radius 2 is 2.25 bits per heavy atom. The van der Waals surface area contributed by atoms with Crippen LogP contribution in [0.2, 0.25) is 0 Å². The summed E-state index contributed by atoms with van der Waals surface area (Å²) in [7, 11) is 0. The van der Waals surface area contributed by atoms with Gasteiger partial charge in [0.1, 0.15) is 0 Å². The molecule has 0 radical (unpaired) electrons. The van der Waals surface area contributed by atoms with Crippen LogP contribution in [0.5, 0.6) is 0 Å². The number of nitrogens with zero attached hydrogens (tertiary/aromatic N) is 1. The summed E-state index contributed by atoms with van der Waals surface area (Å²) in [5, 5.41) is 0.278. The van der Waals surface area contributed by atoms with Crippen molar-refractivity contribution < 1.29 is 9.59 Å². The van der Waals surface area contributed by atoms with Crippen LogP contribution in [0.25, 0.3) is 0 Å². The van der Waals surface area contributed by atoms with Crippen LogP contribution in [-0.2, 0) is 9.59 Å². The normalized spacial score (nSPS) is 16.8. The standard InChI is InChI=1S/C8H8ClNO2/c1-5-3-7(11)10(8(5)12)4-6(2)9/h3H,2,4H2,1H3. The highest BCUT2D eigenvalue weighted by Gasteiger charge is 2.27. The van der Waals surface area contributed by atoms with Crippen LogP contribution in [0.1, 0.15) is 6.92 Å². The predicted octanol–water partition coefficient (Wildman–Crippen LogP) is 1.05. The lowest BCUT2D eigenvalue weighted by Gasteiger charge is -2.12. The quantitative estimate of drug-likeness (QED) is 0.604. The van der Waals surface area contributed by atoms with E-state index in [2.05, 4.69) is 6.58 Å². The summed E-state index contributed by atoms with van der Waals surface area (Å²) < 4.78 is 0. The summed E-state index contributed by atoms with van der Waals surface area (Å²) in [6.07, 6.45) is 1.29. The van der Waals surface area contributed by atoms with E-state index in [1.54, 1.807) is 6.92 Å². The minimum Gasteiger partial charge on any atom is -0.270 e. The monoisotopic (exact) mass is 185 g/mol. The van der Waals surface area contributed by atoms with Crippen molar-refractivity contribution >= 4 is 23.4 Å². The van der Waals surface area contributed by atoms with Crippen LogP contribution < -0.4 is 0 Å². The number of hydrogen-bond donors (Lipinski definition) is 0. The Morgan fingerprint density at radius 1 is 1.67 bits per heavy atom. The largest absolute Gasteiger partial charge is 0.270 e. The third kappa shape index (κ3) is 1.56. The molecule has 4 heteroatoms. The Morgan fingerprint density at radius 3 is 2.58 bits per heavy atom. The molecule has 0 aromatic rings. The second-order valence-electron chi connectivity index (χ2n) is 2.57. The summed E-state index contributed by atoms with van der Waals surface area (Å²) in [5.41, 5.74) is 0.443. The van der Waals surface area contributed by atoms with Crippen molar-refractivity contribution in [2.24, 2.45) is 0 Å². The van der Waals surface area contributed by atoms with Gasteiger partial charge in [-0.1, -0.05) is 18.2 Å². The van der Waals surface area contributed by atoms with E-state index in [0.717, 1.165) is 4.90 Å². The number of imide groups is 1. The predicted molar refractivity (Wildman–Crippen MR) is 45.5 cm³/mol. The minimum atomic E-state index is -0.320. The Labute approximate surface area is 75.3 Å². The number of carbonyl (C=O) groups is 2. The molecule has 0 fully saturated rings. The van der Waals surface area contributed by atoms with E-state index in [1.165, 1.54) is 6.08 Å². The molecule has 1 aliphatic rings. The highest BCUT2D eigenvalue weighted by atomic mass is 35.5. The minimum absolute atomic E-state index is 0.0903. The first-order chi connectivity index (χ1) is 5.52. The lowest BCUT2D eigenvalue weighted by atomic mass is 10.3. The maximum atomic E-state index is 11.2. The topological polar surface area (TPSA) is 37.4 Å². The average molecular weight is 186 g/mol. The van der Waals surface area contributed by atoms with E-state index in [9.17, 15) is 9.59 Å². The van der Waals surface area contributed by atoms with Crippen LogP contribution in [0, 0.1) is 0 Å². The van der Waals surface area contributed by atoms with Gasteiger partial charge in [-0.3, -0.25) is 14.5 Å². The first kappa shape index (κ1) is 9.00. The Kier molecular flexibility index (Phi) is 2.33. The third-order valence-electron chi connectivity index (χ3n) is 1.52. The maximum Gasteiger partial charge on any atom is 0.256 e. The molecule has 0 unspecified atom stereocenters. The van der Waals surface area contributed by atoms with Crippen LogP contribution in [0.4, 0.5) is 0 Å². The van der Waals surface area contributed by atoms with E-state index < -0.39 is 0 Å². The van der Waals surface area contributed by atoms with Gasteiger partial charge in [0, 0.05) is 16.7 Å². The third-order valence-corrected chi connectivity index (χ3v) is 1.64. The summed E-state index contributed by atoms with van der Waals surface area (Å²) >= 11 is 5.47. The van der Waals surface area contributed by atoms with Gasteiger partial charge in [0.2, 0.25) is 0 Å². The number of carbonyl (C=O) groups excluding carboxylic acids is 2. The Bertz CT molecular complexity index is 293. The smallest absolute Gasteiger partial charge is 0.256 e. The molecule has 0 saturated heterocycles. The van der Waals surface area contributed by atoms with Crippen molar-refractivity contribution in [3.05, 3.63) is 23.3 Å². The molecule has 64 valence electrons. The zero-order valence-electron chi connectivity index (χ0n) is 6.63. The summed E-state index contributed by atoms with van der Waals surface area (Å²) in [4.78, 5) is 23.3. The van der Waals surface area contributed by atoms with Crippen molar-refractivity contribution in [2.75, 3.05) is 6.54 Å². The molecule has 1 heterocycles. The van der Waals surface area contributed by atoms with Crippen LogP contribution >= 0.6 is 11.6 Å². The summed E-state index contributed by atoms with van der Waals surface area (Å²) in [5.74, 6) is -0.610. The molecule has 1 rings (SSSR count). The lowest BCUT2D eigenvalue weighted by Crippen LogP contribution is -2.31. The Hall–Kier alpha value is -1.09. The van der Waals surface area contributed by atoms with Gasteiger partial charge < -0.3 is 0 Å². The van der Waals surface area contributed by atoms with Crippen molar-refractivity contribution in [2.45, 2.75) is 6.92 Å². The SMILES string of the molecule is C=C(Cl)CN1C(=O)C=C(C)C1=O. The number of amides is 2. The van der Waals surface area contributed by atoms with Crippen molar-refractivity contribution in [3.8, 4) is 0 Å². The molecular formula is C8H8ClNO2. The van der Waals surface area contributed by atoms with Gasteiger partial charge in [-0.15, -0.1) is 0 Å².